The van der Waals surface area contributed by atoms with Crippen LogP contribution in [-0.4, -0.2) is 49.9 Å². The zero-order valence-electron chi connectivity index (χ0n) is 34.8. The van der Waals surface area contributed by atoms with E-state index in [1.165, 1.54) is 161 Å². The third kappa shape index (κ3) is 42.0. The van der Waals surface area contributed by atoms with Gasteiger partial charge in [0.15, 0.2) is 0 Å². The van der Waals surface area contributed by atoms with Gasteiger partial charge in [-0.05, 0) is 64.2 Å². The lowest BCUT2D eigenvalue weighted by Gasteiger charge is -2.20. The summed E-state index contributed by atoms with van der Waals surface area (Å²) in [6, 6.07) is 0. The summed E-state index contributed by atoms with van der Waals surface area (Å²) in [7, 11) is -4.28. The van der Waals surface area contributed by atoms with Gasteiger partial charge in [-0.15, -0.1) is 0 Å². The van der Waals surface area contributed by atoms with Crippen LogP contribution in [0.2, 0.25) is 0 Å². The number of ether oxygens (including phenoxy) is 2. The number of phosphoric acid groups is 1. The largest absolute Gasteiger partial charge is 0.472 e. The molecule has 2 atom stereocenters. The van der Waals surface area contributed by atoms with Gasteiger partial charge in [-0.3, -0.25) is 13.8 Å². The van der Waals surface area contributed by atoms with Gasteiger partial charge >= 0.3 is 13.8 Å². The summed E-state index contributed by atoms with van der Waals surface area (Å²) in [5.74, 6) is -0.335. The van der Waals surface area contributed by atoms with Gasteiger partial charge in [-0.2, -0.15) is 0 Å². The number of unbranched alkanes of at least 4 members (excludes halogenated alkanes) is 26. The minimum atomic E-state index is -4.28. The van der Waals surface area contributed by atoms with Crippen molar-refractivity contribution in [3.63, 3.8) is 0 Å². The molecule has 3 N–H and O–H groups in total. The predicted molar refractivity (Wildman–Crippen MR) is 224 cm³/mol. The van der Waals surface area contributed by atoms with E-state index in [0.29, 0.717) is 13.0 Å². The van der Waals surface area contributed by atoms with Gasteiger partial charge in [0, 0.05) is 19.6 Å². The Kier molecular flexibility index (Phi) is 41.3. The number of carbonyl (C=O) groups excluding carboxylic acids is 1. The van der Waals surface area contributed by atoms with Crippen molar-refractivity contribution in [1.29, 1.82) is 0 Å². The van der Waals surface area contributed by atoms with Crippen LogP contribution in [0.3, 0.4) is 0 Å². The van der Waals surface area contributed by atoms with E-state index in [0.717, 1.165) is 32.1 Å². The molecule has 0 aromatic rings. The zero-order chi connectivity index (χ0) is 38.8. The van der Waals surface area contributed by atoms with Gasteiger partial charge in [0.2, 0.25) is 0 Å². The Balaban J connectivity index is 4.02. The van der Waals surface area contributed by atoms with Gasteiger partial charge < -0.3 is 20.1 Å². The van der Waals surface area contributed by atoms with Crippen LogP contribution < -0.4 is 5.73 Å². The fraction of sp³-hybridized carbons (Fsp3) is 0.886. The molecule has 0 saturated carbocycles. The lowest BCUT2D eigenvalue weighted by atomic mass is 10.1. The van der Waals surface area contributed by atoms with Gasteiger partial charge in [0.1, 0.15) is 6.10 Å². The van der Waals surface area contributed by atoms with Crippen LogP contribution in [0.5, 0.6) is 0 Å². The molecule has 53 heavy (non-hydrogen) atoms. The predicted octanol–water partition coefficient (Wildman–Crippen LogP) is 13.3. The fourth-order valence-electron chi connectivity index (χ4n) is 6.28. The molecule has 0 aromatic carbocycles. The smallest absolute Gasteiger partial charge is 0.457 e. The molecule has 0 rings (SSSR count). The van der Waals surface area contributed by atoms with Crippen molar-refractivity contribution in [2.75, 3.05) is 33.0 Å². The van der Waals surface area contributed by atoms with Gasteiger partial charge in [0.05, 0.1) is 19.8 Å². The second-order valence-electron chi connectivity index (χ2n) is 14.9. The number of hydrogen-bond donors (Lipinski definition) is 2. The van der Waals surface area contributed by atoms with E-state index >= 15 is 0 Å². The number of esters is 1. The molecule has 0 spiro atoms. The number of nitrogens with two attached hydrogens (primary N) is 1. The molecule has 9 heteroatoms. The fourth-order valence-corrected chi connectivity index (χ4v) is 7.05. The normalized spacial score (nSPS) is 13.7. The molecule has 0 heterocycles. The third-order valence-electron chi connectivity index (χ3n) is 9.59. The topological polar surface area (TPSA) is 117 Å². The van der Waals surface area contributed by atoms with E-state index in [-0.39, 0.29) is 32.3 Å². The molecule has 314 valence electrons. The van der Waals surface area contributed by atoms with E-state index < -0.39 is 13.9 Å². The van der Waals surface area contributed by atoms with Gasteiger partial charge in [-0.25, -0.2) is 4.57 Å². The van der Waals surface area contributed by atoms with E-state index in [1.54, 1.807) is 0 Å². The van der Waals surface area contributed by atoms with Crippen molar-refractivity contribution < 1.29 is 32.8 Å². The first-order valence-electron chi connectivity index (χ1n) is 22.3. The quantitative estimate of drug-likeness (QED) is 0.0272. The van der Waals surface area contributed by atoms with E-state index in [1.807, 2.05) is 0 Å². The number of phosphoric ester groups is 1. The Morgan fingerprint density at radius 1 is 0.547 bits per heavy atom. The summed E-state index contributed by atoms with van der Waals surface area (Å²) in [4.78, 5) is 22.5. The minimum absolute atomic E-state index is 0.0961. The number of hydrogen-bond acceptors (Lipinski definition) is 7. The van der Waals surface area contributed by atoms with Crippen molar-refractivity contribution in [3.05, 3.63) is 24.3 Å². The standard InChI is InChI=1S/C44H86NO7P/c1-3-5-7-9-11-13-15-17-19-21-22-23-25-27-29-31-33-35-37-44(46)52-43(42-51-53(47,48)50-40-38-45)41-49-39-36-34-32-30-28-26-24-20-18-16-14-12-10-8-6-4-2/h18-21,43H,3-17,22-42,45H2,1-2H3,(H,47,48)/b20-18-,21-19-. The average molecular weight is 772 g/mol. The molecule has 0 amide bonds. The molecular formula is C44H86NO7P. The highest BCUT2D eigenvalue weighted by molar-refractivity contribution is 7.47. The molecule has 0 radical (unpaired) electrons. The summed E-state index contributed by atoms with van der Waals surface area (Å²) in [5, 5.41) is 0. The first-order valence-corrected chi connectivity index (χ1v) is 23.8. The van der Waals surface area contributed by atoms with Crippen molar-refractivity contribution in [2.45, 2.75) is 219 Å². The van der Waals surface area contributed by atoms with Crippen LogP contribution in [0.25, 0.3) is 0 Å². The number of allylic oxidation sites excluding steroid dienone is 4. The maximum Gasteiger partial charge on any atom is 0.472 e. The molecule has 2 unspecified atom stereocenters. The highest BCUT2D eigenvalue weighted by atomic mass is 31.2. The summed E-state index contributed by atoms with van der Waals surface area (Å²) >= 11 is 0. The summed E-state index contributed by atoms with van der Waals surface area (Å²) in [5.41, 5.74) is 5.37. The van der Waals surface area contributed by atoms with Crippen molar-refractivity contribution in [3.8, 4) is 0 Å². The highest BCUT2D eigenvalue weighted by Gasteiger charge is 2.25. The van der Waals surface area contributed by atoms with Crippen LogP contribution in [0.1, 0.15) is 213 Å². The van der Waals surface area contributed by atoms with Crippen LogP contribution in [-0.2, 0) is 27.9 Å². The molecule has 0 aliphatic carbocycles. The minimum Gasteiger partial charge on any atom is -0.457 e. The van der Waals surface area contributed by atoms with Crippen molar-refractivity contribution >= 4 is 13.8 Å². The SMILES string of the molecule is CCCCCCCC/C=C\CCCCCCCCOCC(COP(=O)(O)OCCN)OC(=O)CCCCCCCCC/C=C\CCCCCCCCC. The van der Waals surface area contributed by atoms with E-state index in [9.17, 15) is 14.3 Å². The number of rotatable bonds is 43. The van der Waals surface area contributed by atoms with Crippen molar-refractivity contribution in [1.82, 2.24) is 0 Å². The number of carbonyl (C=O) groups is 1. The first kappa shape index (κ1) is 52.0. The Morgan fingerprint density at radius 3 is 1.38 bits per heavy atom. The molecule has 0 fully saturated rings. The third-order valence-corrected chi connectivity index (χ3v) is 10.6. The second-order valence-corrected chi connectivity index (χ2v) is 16.4. The Hall–Kier alpha value is -1.02. The maximum absolute atomic E-state index is 12.6. The molecule has 8 nitrogen and oxygen atoms in total. The molecular weight excluding hydrogens is 685 g/mol. The Labute approximate surface area is 327 Å². The van der Waals surface area contributed by atoms with Gasteiger partial charge in [0.25, 0.3) is 0 Å². The molecule has 0 saturated heterocycles. The monoisotopic (exact) mass is 772 g/mol. The van der Waals surface area contributed by atoms with Crippen LogP contribution >= 0.6 is 7.82 Å². The van der Waals surface area contributed by atoms with E-state index in [4.69, 9.17) is 24.3 Å². The van der Waals surface area contributed by atoms with Crippen LogP contribution in [0, 0.1) is 0 Å². The molecule has 0 aromatic heterocycles. The second kappa shape index (κ2) is 42.1. The summed E-state index contributed by atoms with van der Waals surface area (Å²) < 4.78 is 33.4. The molecule has 0 aliphatic heterocycles. The Bertz CT molecular complexity index is 869. The maximum atomic E-state index is 12.6. The summed E-state index contributed by atoms with van der Waals surface area (Å²) in [6.45, 7) is 4.92. The van der Waals surface area contributed by atoms with Crippen molar-refractivity contribution in [2.24, 2.45) is 5.73 Å². The van der Waals surface area contributed by atoms with Gasteiger partial charge in [-0.1, -0.05) is 167 Å². The zero-order valence-corrected chi connectivity index (χ0v) is 35.7. The van der Waals surface area contributed by atoms with E-state index in [2.05, 4.69) is 38.2 Å². The lowest BCUT2D eigenvalue weighted by Crippen LogP contribution is -2.28. The molecule has 0 bridgehead atoms. The highest BCUT2D eigenvalue weighted by Crippen LogP contribution is 2.43. The van der Waals surface area contributed by atoms with Crippen LogP contribution in [0.15, 0.2) is 24.3 Å². The molecule has 0 aliphatic rings. The Morgan fingerprint density at radius 2 is 0.943 bits per heavy atom. The first-order chi connectivity index (χ1) is 25.9. The lowest BCUT2D eigenvalue weighted by molar-refractivity contribution is -0.154. The summed E-state index contributed by atoms with van der Waals surface area (Å²) in [6.07, 6.45) is 46.2. The average Bonchev–Trinajstić information content (AvgIpc) is 3.15. The van der Waals surface area contributed by atoms with Crippen LogP contribution in [0.4, 0.5) is 0 Å².